The highest BCUT2D eigenvalue weighted by Crippen LogP contribution is 2.35. The minimum atomic E-state index is -0.253. The van der Waals surface area contributed by atoms with Gasteiger partial charge in [0.05, 0.1) is 24.2 Å². The van der Waals surface area contributed by atoms with Crippen molar-refractivity contribution in [2.24, 2.45) is 0 Å². The molecule has 0 bridgehead atoms. The SMILES string of the molecule is CCOc1cc(/C=C2\SC(=S)N(C[C@@H]3CCCO3)C2=O)ccc1OCC(=O)Nc1c(C)cc(C)cc1C. The Morgan fingerprint density at radius 3 is 2.62 bits per heavy atom. The first-order chi connectivity index (χ1) is 17.7. The number of nitrogens with zero attached hydrogens (tertiary/aromatic N) is 1. The van der Waals surface area contributed by atoms with E-state index in [-0.39, 0.29) is 24.5 Å². The lowest BCUT2D eigenvalue weighted by molar-refractivity contribution is -0.123. The van der Waals surface area contributed by atoms with E-state index in [1.807, 2.05) is 45.9 Å². The molecule has 4 rings (SSSR count). The Balaban J connectivity index is 1.43. The van der Waals surface area contributed by atoms with Crippen LogP contribution < -0.4 is 14.8 Å². The summed E-state index contributed by atoms with van der Waals surface area (Å²) >= 11 is 6.74. The highest BCUT2D eigenvalue weighted by atomic mass is 32.2. The molecule has 2 fully saturated rings. The molecule has 2 aromatic rings. The third-order valence-corrected chi connectivity index (χ3v) is 7.53. The van der Waals surface area contributed by atoms with Crippen LogP contribution in [0.25, 0.3) is 6.08 Å². The number of benzene rings is 2. The molecule has 2 amide bonds. The first kappa shape index (κ1) is 27.2. The summed E-state index contributed by atoms with van der Waals surface area (Å²) in [6, 6.07) is 9.45. The lowest BCUT2D eigenvalue weighted by Crippen LogP contribution is -2.35. The maximum absolute atomic E-state index is 13.0. The van der Waals surface area contributed by atoms with Crippen LogP contribution in [-0.2, 0) is 14.3 Å². The number of rotatable bonds is 9. The molecule has 0 unspecified atom stereocenters. The van der Waals surface area contributed by atoms with Gasteiger partial charge in [0.15, 0.2) is 18.1 Å². The first-order valence-electron chi connectivity index (χ1n) is 12.4. The highest BCUT2D eigenvalue weighted by Gasteiger charge is 2.34. The quantitative estimate of drug-likeness (QED) is 0.337. The van der Waals surface area contributed by atoms with Crippen LogP contribution in [0.1, 0.15) is 42.0 Å². The third-order valence-electron chi connectivity index (χ3n) is 6.15. The molecule has 2 heterocycles. The number of aryl methyl sites for hydroxylation is 3. The molecule has 0 aliphatic carbocycles. The van der Waals surface area contributed by atoms with Crippen molar-refractivity contribution in [2.75, 3.05) is 31.7 Å². The molecule has 9 heteroatoms. The van der Waals surface area contributed by atoms with E-state index in [1.165, 1.54) is 11.8 Å². The van der Waals surface area contributed by atoms with Crippen molar-refractivity contribution in [3.05, 3.63) is 57.5 Å². The molecule has 1 atom stereocenters. The van der Waals surface area contributed by atoms with Gasteiger partial charge in [0.25, 0.3) is 11.8 Å². The molecule has 2 aliphatic heterocycles. The van der Waals surface area contributed by atoms with Gasteiger partial charge in [-0.05, 0) is 75.4 Å². The van der Waals surface area contributed by atoms with Crippen molar-refractivity contribution in [1.29, 1.82) is 0 Å². The number of nitrogens with one attached hydrogen (secondary N) is 1. The lowest BCUT2D eigenvalue weighted by atomic mass is 10.1. The summed E-state index contributed by atoms with van der Waals surface area (Å²) in [6.07, 6.45) is 3.80. The molecule has 0 spiro atoms. The fourth-order valence-corrected chi connectivity index (χ4v) is 5.77. The molecule has 1 N–H and O–H groups in total. The third kappa shape index (κ3) is 6.71. The zero-order valence-electron chi connectivity index (χ0n) is 21.6. The van der Waals surface area contributed by atoms with Crippen molar-refractivity contribution in [1.82, 2.24) is 4.90 Å². The molecule has 2 aromatic carbocycles. The average molecular weight is 541 g/mol. The van der Waals surface area contributed by atoms with E-state index in [4.69, 9.17) is 26.4 Å². The molecule has 0 saturated carbocycles. The number of thioether (sulfide) groups is 1. The van der Waals surface area contributed by atoms with E-state index in [9.17, 15) is 9.59 Å². The van der Waals surface area contributed by atoms with Crippen molar-refractivity contribution >= 4 is 51.9 Å². The van der Waals surface area contributed by atoms with Crippen LogP contribution in [0.4, 0.5) is 5.69 Å². The van der Waals surface area contributed by atoms with Crippen LogP contribution in [0.2, 0.25) is 0 Å². The number of anilines is 1. The van der Waals surface area contributed by atoms with Crippen LogP contribution in [0, 0.1) is 20.8 Å². The van der Waals surface area contributed by atoms with Crippen LogP contribution in [0.5, 0.6) is 11.5 Å². The van der Waals surface area contributed by atoms with Gasteiger partial charge in [-0.1, -0.05) is 47.7 Å². The minimum absolute atomic E-state index is 0.0406. The number of thiocarbonyl (C=S) groups is 1. The number of hydrogen-bond donors (Lipinski definition) is 1. The minimum Gasteiger partial charge on any atom is -0.490 e. The van der Waals surface area contributed by atoms with Gasteiger partial charge in [0, 0.05) is 12.3 Å². The van der Waals surface area contributed by atoms with Crippen LogP contribution in [0.3, 0.4) is 0 Å². The molecular weight excluding hydrogens is 508 g/mol. The van der Waals surface area contributed by atoms with Gasteiger partial charge >= 0.3 is 0 Å². The fraction of sp³-hybridized carbons (Fsp3) is 0.393. The second-order valence-corrected chi connectivity index (χ2v) is 10.9. The predicted molar refractivity (Wildman–Crippen MR) is 151 cm³/mol. The normalized spacial score (nSPS) is 18.5. The number of ether oxygens (including phenoxy) is 3. The van der Waals surface area contributed by atoms with E-state index in [0.717, 1.165) is 47.4 Å². The zero-order valence-corrected chi connectivity index (χ0v) is 23.2. The summed E-state index contributed by atoms with van der Waals surface area (Å²) in [5, 5.41) is 2.95. The maximum Gasteiger partial charge on any atom is 0.266 e. The fourth-order valence-electron chi connectivity index (χ4n) is 4.50. The Labute approximate surface area is 227 Å². The van der Waals surface area contributed by atoms with Crippen LogP contribution in [0.15, 0.2) is 35.2 Å². The van der Waals surface area contributed by atoms with Crippen LogP contribution >= 0.6 is 24.0 Å². The van der Waals surface area contributed by atoms with Crippen LogP contribution in [-0.4, -0.2) is 53.5 Å². The molecule has 0 radical (unpaired) electrons. The monoisotopic (exact) mass is 540 g/mol. The van der Waals surface area contributed by atoms with Crippen molar-refractivity contribution < 1.29 is 23.8 Å². The lowest BCUT2D eigenvalue weighted by Gasteiger charge is -2.18. The summed E-state index contributed by atoms with van der Waals surface area (Å²) < 4.78 is 17.8. The molecule has 7 nitrogen and oxygen atoms in total. The predicted octanol–water partition coefficient (Wildman–Crippen LogP) is 5.41. The molecule has 196 valence electrons. The van der Waals surface area contributed by atoms with Gasteiger partial charge in [-0.25, -0.2) is 0 Å². The maximum atomic E-state index is 13.0. The van der Waals surface area contributed by atoms with Gasteiger partial charge in [-0.15, -0.1) is 0 Å². The van der Waals surface area contributed by atoms with E-state index in [0.29, 0.717) is 33.9 Å². The second kappa shape index (κ2) is 12.1. The number of amides is 2. The number of carbonyl (C=O) groups is 2. The number of carbonyl (C=O) groups excluding carboxylic acids is 2. The van der Waals surface area contributed by atoms with E-state index in [2.05, 4.69) is 5.32 Å². The smallest absolute Gasteiger partial charge is 0.266 e. The van der Waals surface area contributed by atoms with E-state index in [1.54, 1.807) is 23.1 Å². The molecular formula is C28H32N2O5S2. The Morgan fingerprint density at radius 1 is 1.19 bits per heavy atom. The van der Waals surface area contributed by atoms with E-state index < -0.39 is 0 Å². The van der Waals surface area contributed by atoms with Gasteiger partial charge in [0.2, 0.25) is 0 Å². The Kier molecular flexibility index (Phi) is 8.89. The molecule has 0 aromatic heterocycles. The second-order valence-electron chi connectivity index (χ2n) is 9.18. The van der Waals surface area contributed by atoms with Crippen molar-refractivity contribution in [3.63, 3.8) is 0 Å². The number of hydrogen-bond acceptors (Lipinski definition) is 7. The first-order valence-corrected chi connectivity index (χ1v) is 13.6. The summed E-state index contributed by atoms with van der Waals surface area (Å²) in [5.74, 6) is 0.595. The van der Waals surface area contributed by atoms with Crippen molar-refractivity contribution in [3.8, 4) is 11.5 Å². The largest absolute Gasteiger partial charge is 0.490 e. The van der Waals surface area contributed by atoms with E-state index >= 15 is 0 Å². The standard InChI is InChI=1S/C28H32N2O5S2/c1-5-33-23-13-20(14-24-27(32)30(28(36)37-24)15-21-7-6-10-34-21)8-9-22(23)35-16-25(31)29-26-18(3)11-17(2)12-19(26)4/h8-9,11-14,21H,5-7,10,15-16H2,1-4H3,(H,29,31)/b24-14-/t21-/m0/s1. The molecule has 2 aliphatic rings. The Hall–Kier alpha value is -2.88. The van der Waals surface area contributed by atoms with Gasteiger partial charge in [-0.3, -0.25) is 14.5 Å². The zero-order chi connectivity index (χ0) is 26.5. The molecule has 2 saturated heterocycles. The van der Waals surface area contributed by atoms with Gasteiger partial charge in [0.1, 0.15) is 4.32 Å². The Morgan fingerprint density at radius 2 is 1.95 bits per heavy atom. The summed E-state index contributed by atoms with van der Waals surface area (Å²) in [4.78, 5) is 27.8. The average Bonchev–Trinajstić information content (AvgIpc) is 3.45. The summed E-state index contributed by atoms with van der Waals surface area (Å²) in [6.45, 7) is 9.34. The van der Waals surface area contributed by atoms with Gasteiger partial charge in [-0.2, -0.15) is 0 Å². The summed E-state index contributed by atoms with van der Waals surface area (Å²) in [5.41, 5.74) is 4.74. The Bertz CT molecular complexity index is 1210. The summed E-state index contributed by atoms with van der Waals surface area (Å²) in [7, 11) is 0. The highest BCUT2D eigenvalue weighted by molar-refractivity contribution is 8.26. The topological polar surface area (TPSA) is 77.1 Å². The van der Waals surface area contributed by atoms with Gasteiger partial charge < -0.3 is 19.5 Å². The van der Waals surface area contributed by atoms with Crippen molar-refractivity contribution in [2.45, 2.75) is 46.6 Å². The molecule has 37 heavy (non-hydrogen) atoms.